The Balaban J connectivity index is 2.16. The average molecular weight is 113 g/mol. The summed E-state index contributed by atoms with van der Waals surface area (Å²) >= 11 is 0. The lowest BCUT2D eigenvalue weighted by atomic mass is 10.5. The largest absolute Gasteiger partial charge is 0.395 e. The van der Waals surface area contributed by atoms with Crippen LogP contribution >= 0.6 is 0 Å². The van der Waals surface area contributed by atoms with Crippen LogP contribution in [-0.2, 0) is 0 Å². The first kappa shape index (κ1) is 5.56. The molecule has 1 aliphatic rings. The maximum atomic E-state index is 8.40. The first-order chi connectivity index (χ1) is 3.93. The lowest BCUT2D eigenvalue weighted by molar-refractivity contribution is 0.258. The molecule has 0 fully saturated rings. The molecule has 0 aromatic heterocycles. The molecular formula is C5H9N2O. The number of aliphatic imine (C=N–C) groups is 1. The van der Waals surface area contributed by atoms with Gasteiger partial charge in [-0.1, -0.05) is 0 Å². The molecule has 8 heavy (non-hydrogen) atoms. The third-order valence-corrected chi connectivity index (χ3v) is 1.06. The smallest absolute Gasteiger partial charge is 0.167 e. The Morgan fingerprint density at radius 3 is 3.12 bits per heavy atom. The van der Waals surface area contributed by atoms with Crippen molar-refractivity contribution in [2.24, 2.45) is 4.99 Å². The highest BCUT2D eigenvalue weighted by Crippen LogP contribution is 1.89. The molecule has 0 spiro atoms. The molecule has 0 unspecified atom stereocenters. The minimum atomic E-state index is 0.197. The molecular weight excluding hydrogens is 104 g/mol. The van der Waals surface area contributed by atoms with E-state index in [2.05, 4.69) is 11.3 Å². The van der Waals surface area contributed by atoms with Gasteiger partial charge in [0.15, 0.2) is 6.34 Å². The summed E-state index contributed by atoms with van der Waals surface area (Å²) in [7, 11) is 0. The predicted molar refractivity (Wildman–Crippen MR) is 31.0 cm³/mol. The molecule has 3 nitrogen and oxygen atoms in total. The minimum Gasteiger partial charge on any atom is -0.395 e. The van der Waals surface area contributed by atoms with Crippen LogP contribution in [0.5, 0.6) is 0 Å². The molecule has 45 valence electrons. The molecule has 0 bridgehead atoms. The van der Waals surface area contributed by atoms with E-state index in [-0.39, 0.29) is 6.61 Å². The van der Waals surface area contributed by atoms with Gasteiger partial charge in [-0.15, -0.1) is 0 Å². The van der Waals surface area contributed by atoms with Crippen LogP contribution in [0, 0.1) is 0 Å². The van der Waals surface area contributed by atoms with Crippen LogP contribution in [-0.4, -0.2) is 42.6 Å². The average Bonchev–Trinajstić information content (AvgIpc) is 2.19. The van der Waals surface area contributed by atoms with Gasteiger partial charge in [-0.2, -0.15) is 0 Å². The van der Waals surface area contributed by atoms with Crippen LogP contribution in [0.15, 0.2) is 4.99 Å². The topological polar surface area (TPSA) is 35.8 Å². The van der Waals surface area contributed by atoms with E-state index in [1.807, 2.05) is 4.90 Å². The van der Waals surface area contributed by atoms with Crippen LogP contribution in [0.3, 0.4) is 0 Å². The summed E-state index contributed by atoms with van der Waals surface area (Å²) in [6.07, 6.45) is 2.76. The molecule has 1 radical (unpaired) electrons. The lowest BCUT2D eigenvalue weighted by Crippen LogP contribution is -2.22. The Bertz CT molecular complexity index is 92.4. The van der Waals surface area contributed by atoms with Gasteiger partial charge in [0, 0.05) is 13.1 Å². The number of hydrogen-bond acceptors (Lipinski definition) is 3. The Morgan fingerprint density at radius 2 is 2.62 bits per heavy atom. The van der Waals surface area contributed by atoms with E-state index in [1.165, 1.54) is 0 Å². The highest BCUT2D eigenvalue weighted by Gasteiger charge is 2.02. The number of nitrogens with zero attached hydrogens (tertiary/aromatic N) is 2. The Morgan fingerprint density at radius 1 is 1.75 bits per heavy atom. The number of β-amino-alcohol motifs (C(OH)–C–C–N with tert-alkyl or cyclic N) is 1. The first-order valence-electron chi connectivity index (χ1n) is 2.71. The second-order valence-corrected chi connectivity index (χ2v) is 1.69. The number of rotatable bonds is 2. The van der Waals surface area contributed by atoms with Crippen molar-refractivity contribution >= 4 is 6.34 Å². The van der Waals surface area contributed by atoms with Crippen molar-refractivity contribution in [3.8, 4) is 0 Å². The maximum absolute atomic E-state index is 8.40. The lowest BCUT2D eigenvalue weighted by Gasteiger charge is -2.08. The maximum Gasteiger partial charge on any atom is 0.167 e. The monoisotopic (exact) mass is 113 g/mol. The quantitative estimate of drug-likeness (QED) is 0.509. The first-order valence-corrected chi connectivity index (χ1v) is 2.71. The van der Waals surface area contributed by atoms with Gasteiger partial charge in [-0.25, -0.2) is 0 Å². The molecule has 0 aromatic rings. The van der Waals surface area contributed by atoms with Crippen molar-refractivity contribution in [2.45, 2.75) is 0 Å². The number of aliphatic hydroxyl groups is 1. The van der Waals surface area contributed by atoms with E-state index in [9.17, 15) is 0 Å². The van der Waals surface area contributed by atoms with Crippen molar-refractivity contribution < 1.29 is 5.11 Å². The Kier molecular flexibility index (Phi) is 1.86. The fraction of sp³-hybridized carbons (Fsp3) is 0.800. The summed E-state index contributed by atoms with van der Waals surface area (Å²) in [6, 6.07) is 0. The summed E-state index contributed by atoms with van der Waals surface area (Å²) in [6.45, 7) is 2.62. The van der Waals surface area contributed by atoms with Crippen LogP contribution in [0.1, 0.15) is 0 Å². The summed E-state index contributed by atoms with van der Waals surface area (Å²) in [4.78, 5) is 5.72. The Hall–Kier alpha value is -0.570. The van der Waals surface area contributed by atoms with Crippen molar-refractivity contribution in [2.75, 3.05) is 26.2 Å². The van der Waals surface area contributed by atoms with Crippen LogP contribution in [0.2, 0.25) is 0 Å². The fourth-order valence-corrected chi connectivity index (χ4v) is 0.653. The van der Waals surface area contributed by atoms with Gasteiger partial charge in [0.1, 0.15) is 0 Å². The van der Waals surface area contributed by atoms with Crippen molar-refractivity contribution in [1.82, 2.24) is 4.90 Å². The second kappa shape index (κ2) is 2.67. The summed E-state index contributed by atoms with van der Waals surface area (Å²) in [5, 5.41) is 8.40. The van der Waals surface area contributed by atoms with E-state index in [0.29, 0.717) is 6.54 Å². The van der Waals surface area contributed by atoms with Crippen LogP contribution < -0.4 is 0 Å². The van der Waals surface area contributed by atoms with Gasteiger partial charge in [-0.3, -0.25) is 4.99 Å². The molecule has 0 aliphatic carbocycles. The van der Waals surface area contributed by atoms with Gasteiger partial charge in [0.25, 0.3) is 0 Å². The van der Waals surface area contributed by atoms with E-state index >= 15 is 0 Å². The zero-order valence-corrected chi connectivity index (χ0v) is 4.67. The van der Waals surface area contributed by atoms with Crippen molar-refractivity contribution in [1.29, 1.82) is 0 Å². The van der Waals surface area contributed by atoms with E-state index in [4.69, 9.17) is 5.11 Å². The van der Waals surface area contributed by atoms with Gasteiger partial charge < -0.3 is 10.0 Å². The molecule has 3 heteroatoms. The molecule has 0 saturated heterocycles. The molecule has 1 heterocycles. The minimum absolute atomic E-state index is 0.197. The molecule has 1 N–H and O–H groups in total. The summed E-state index contributed by atoms with van der Waals surface area (Å²) in [5.74, 6) is 0. The SMILES string of the molecule is OCCN1[C]=NCC1. The molecule has 1 aliphatic heterocycles. The van der Waals surface area contributed by atoms with E-state index in [1.54, 1.807) is 0 Å². The molecule has 0 aromatic carbocycles. The van der Waals surface area contributed by atoms with Gasteiger partial charge in [0.05, 0.1) is 13.2 Å². The zero-order valence-electron chi connectivity index (χ0n) is 4.67. The third-order valence-electron chi connectivity index (χ3n) is 1.06. The molecule has 0 saturated carbocycles. The third kappa shape index (κ3) is 1.20. The van der Waals surface area contributed by atoms with Gasteiger partial charge in [0.2, 0.25) is 0 Å². The van der Waals surface area contributed by atoms with Gasteiger partial charge in [-0.05, 0) is 0 Å². The van der Waals surface area contributed by atoms with Crippen molar-refractivity contribution in [3.05, 3.63) is 0 Å². The van der Waals surface area contributed by atoms with E-state index in [0.717, 1.165) is 13.1 Å². The van der Waals surface area contributed by atoms with Gasteiger partial charge >= 0.3 is 0 Å². The van der Waals surface area contributed by atoms with Crippen molar-refractivity contribution in [3.63, 3.8) is 0 Å². The number of aliphatic hydroxyl groups excluding tert-OH is 1. The second-order valence-electron chi connectivity index (χ2n) is 1.69. The highest BCUT2D eigenvalue weighted by molar-refractivity contribution is 5.56. The standard InChI is InChI=1S/C5H9N2O/c8-4-3-7-2-1-6-5-7/h8H,1-4H2. The highest BCUT2D eigenvalue weighted by atomic mass is 16.3. The van der Waals surface area contributed by atoms with E-state index < -0.39 is 0 Å². The predicted octanol–water partition coefficient (Wildman–Crippen LogP) is -0.800. The zero-order chi connectivity index (χ0) is 5.82. The Labute approximate surface area is 48.6 Å². The van der Waals surface area contributed by atoms with Crippen LogP contribution in [0.25, 0.3) is 0 Å². The molecule has 0 amide bonds. The number of hydrogen-bond donors (Lipinski definition) is 1. The summed E-state index contributed by atoms with van der Waals surface area (Å²) in [5.41, 5.74) is 0. The molecule has 1 rings (SSSR count). The normalized spacial score (nSPS) is 17.9. The fourth-order valence-electron chi connectivity index (χ4n) is 0.653. The van der Waals surface area contributed by atoms with Crippen LogP contribution in [0.4, 0.5) is 0 Å². The molecule has 0 atom stereocenters. The summed E-state index contributed by atoms with van der Waals surface area (Å²) < 4.78 is 0.